The summed E-state index contributed by atoms with van der Waals surface area (Å²) in [4.78, 5) is 28.2. The van der Waals surface area contributed by atoms with E-state index >= 15 is 0 Å². The SMILES string of the molecule is Cc1ccc2oc(C(=O)N(C)[C@@H]3CC[C@@H](N4CCNC(=O)C4)[C@@H]3O)cc2c1. The summed E-state index contributed by atoms with van der Waals surface area (Å²) in [6.45, 7) is 3.62. The van der Waals surface area contributed by atoms with Crippen molar-refractivity contribution in [2.24, 2.45) is 0 Å². The number of likely N-dealkylation sites (N-methyl/N-ethyl adjacent to an activating group) is 1. The lowest BCUT2D eigenvalue weighted by molar-refractivity contribution is -0.125. The number of piperazine rings is 1. The van der Waals surface area contributed by atoms with Crippen molar-refractivity contribution in [3.8, 4) is 0 Å². The van der Waals surface area contributed by atoms with Crippen molar-refractivity contribution in [3.63, 3.8) is 0 Å². The van der Waals surface area contributed by atoms with Crippen molar-refractivity contribution in [2.45, 2.75) is 38.0 Å². The molecule has 2 amide bonds. The van der Waals surface area contributed by atoms with Crippen LogP contribution in [-0.4, -0.2) is 71.6 Å². The number of nitrogens with one attached hydrogen (secondary N) is 1. The highest BCUT2D eigenvalue weighted by Crippen LogP contribution is 2.30. The number of hydrogen-bond donors (Lipinski definition) is 2. The maximum absolute atomic E-state index is 12.9. The molecule has 27 heavy (non-hydrogen) atoms. The van der Waals surface area contributed by atoms with Crippen molar-refractivity contribution in [1.29, 1.82) is 0 Å². The number of rotatable bonds is 3. The quantitative estimate of drug-likeness (QED) is 0.845. The minimum Gasteiger partial charge on any atom is -0.451 e. The van der Waals surface area contributed by atoms with Crippen LogP contribution in [0.15, 0.2) is 28.7 Å². The maximum atomic E-state index is 12.9. The van der Waals surface area contributed by atoms with E-state index in [0.29, 0.717) is 25.1 Å². The van der Waals surface area contributed by atoms with Crippen LogP contribution < -0.4 is 5.32 Å². The van der Waals surface area contributed by atoms with E-state index in [-0.39, 0.29) is 29.7 Å². The average molecular weight is 371 g/mol. The standard InChI is InChI=1S/C20H25N3O4/c1-12-3-6-16-13(9-12)10-17(27-16)20(26)22(2)14-4-5-15(19(14)25)23-8-7-21-18(24)11-23/h3,6,9-10,14-15,19,25H,4-5,7-8,11H2,1-2H3,(H,21,24)/t14-,15-,19-/m1/s1. The number of amides is 2. The van der Waals surface area contributed by atoms with Crippen molar-refractivity contribution in [2.75, 3.05) is 26.7 Å². The molecule has 1 saturated heterocycles. The number of aryl methyl sites for hydroxylation is 1. The third-order valence-electron chi connectivity index (χ3n) is 5.78. The summed E-state index contributed by atoms with van der Waals surface area (Å²) in [5, 5.41) is 14.5. The van der Waals surface area contributed by atoms with Gasteiger partial charge >= 0.3 is 0 Å². The van der Waals surface area contributed by atoms with Crippen LogP contribution in [0, 0.1) is 6.92 Å². The molecular formula is C20H25N3O4. The van der Waals surface area contributed by atoms with E-state index in [0.717, 1.165) is 23.9 Å². The Bertz CT molecular complexity index is 877. The van der Waals surface area contributed by atoms with E-state index in [1.54, 1.807) is 18.0 Å². The lowest BCUT2D eigenvalue weighted by atomic mass is 10.1. The largest absolute Gasteiger partial charge is 0.451 e. The van der Waals surface area contributed by atoms with E-state index < -0.39 is 6.10 Å². The Kier molecular flexibility index (Phi) is 4.65. The number of nitrogens with zero attached hydrogens (tertiary/aromatic N) is 2. The molecule has 0 unspecified atom stereocenters. The van der Waals surface area contributed by atoms with E-state index in [1.807, 2.05) is 30.0 Å². The van der Waals surface area contributed by atoms with Gasteiger partial charge in [-0.15, -0.1) is 0 Å². The summed E-state index contributed by atoms with van der Waals surface area (Å²) >= 11 is 0. The number of carbonyl (C=O) groups is 2. The maximum Gasteiger partial charge on any atom is 0.289 e. The van der Waals surface area contributed by atoms with Gasteiger partial charge in [-0.25, -0.2) is 0 Å². The minimum absolute atomic E-state index is 0.0149. The Balaban J connectivity index is 1.49. The van der Waals surface area contributed by atoms with Crippen molar-refractivity contribution in [1.82, 2.24) is 15.1 Å². The van der Waals surface area contributed by atoms with Gasteiger partial charge in [-0.3, -0.25) is 14.5 Å². The third kappa shape index (κ3) is 3.33. The Morgan fingerprint density at radius 1 is 1.33 bits per heavy atom. The topological polar surface area (TPSA) is 86.0 Å². The summed E-state index contributed by atoms with van der Waals surface area (Å²) < 4.78 is 5.72. The molecule has 7 nitrogen and oxygen atoms in total. The molecule has 1 aromatic heterocycles. The van der Waals surface area contributed by atoms with Crippen LogP contribution in [-0.2, 0) is 4.79 Å². The molecule has 2 N–H and O–H groups in total. The smallest absolute Gasteiger partial charge is 0.289 e. The first-order valence-electron chi connectivity index (χ1n) is 9.40. The van der Waals surface area contributed by atoms with Crippen molar-refractivity contribution in [3.05, 3.63) is 35.6 Å². The summed E-state index contributed by atoms with van der Waals surface area (Å²) in [6.07, 6.45) is 0.776. The first kappa shape index (κ1) is 18.0. The van der Waals surface area contributed by atoms with E-state index in [1.165, 1.54) is 0 Å². The van der Waals surface area contributed by atoms with Gasteiger partial charge in [0.1, 0.15) is 5.58 Å². The normalized spacial score (nSPS) is 26.3. The molecular weight excluding hydrogens is 346 g/mol. The van der Waals surface area contributed by atoms with E-state index in [4.69, 9.17) is 4.42 Å². The zero-order chi connectivity index (χ0) is 19.1. The van der Waals surface area contributed by atoms with Gasteiger partial charge in [0, 0.05) is 31.6 Å². The number of fused-ring (bicyclic) bond motifs is 1. The number of hydrogen-bond acceptors (Lipinski definition) is 5. The van der Waals surface area contributed by atoms with E-state index in [2.05, 4.69) is 5.32 Å². The van der Waals surface area contributed by atoms with Crippen molar-refractivity contribution >= 4 is 22.8 Å². The molecule has 1 aromatic carbocycles. The lowest BCUT2D eigenvalue weighted by Gasteiger charge is -2.35. The molecule has 0 radical (unpaired) electrons. The van der Waals surface area contributed by atoms with Crippen LogP contribution in [0.5, 0.6) is 0 Å². The third-order valence-corrected chi connectivity index (χ3v) is 5.78. The zero-order valence-corrected chi connectivity index (χ0v) is 15.6. The molecule has 3 atom stereocenters. The number of benzene rings is 1. The summed E-state index contributed by atoms with van der Waals surface area (Å²) in [7, 11) is 1.71. The molecule has 2 heterocycles. The molecule has 7 heteroatoms. The predicted octanol–water partition coefficient (Wildman–Crippen LogP) is 1.14. The molecule has 1 aliphatic carbocycles. The van der Waals surface area contributed by atoms with Gasteiger partial charge in [0.2, 0.25) is 5.91 Å². The van der Waals surface area contributed by atoms with Crippen LogP contribution in [0.4, 0.5) is 0 Å². The molecule has 0 bridgehead atoms. The molecule has 2 fully saturated rings. The number of carbonyl (C=O) groups excluding carboxylic acids is 2. The Morgan fingerprint density at radius 2 is 2.15 bits per heavy atom. The number of aliphatic hydroxyl groups excluding tert-OH is 1. The molecule has 144 valence electrons. The van der Waals surface area contributed by atoms with Crippen LogP contribution in [0.1, 0.15) is 29.0 Å². The van der Waals surface area contributed by atoms with Gasteiger partial charge in [-0.2, -0.15) is 0 Å². The lowest BCUT2D eigenvalue weighted by Crippen LogP contribution is -2.55. The average Bonchev–Trinajstić information content (AvgIpc) is 3.23. The number of aliphatic hydroxyl groups is 1. The molecule has 2 aromatic rings. The first-order valence-corrected chi connectivity index (χ1v) is 9.40. The van der Waals surface area contributed by atoms with Crippen LogP contribution in [0.2, 0.25) is 0 Å². The minimum atomic E-state index is -0.684. The molecule has 0 spiro atoms. The Hall–Kier alpha value is -2.38. The van der Waals surface area contributed by atoms with Gasteiger partial charge in [0.15, 0.2) is 5.76 Å². The highest BCUT2D eigenvalue weighted by atomic mass is 16.3. The second kappa shape index (κ2) is 6.98. The predicted molar refractivity (Wildman–Crippen MR) is 100 cm³/mol. The second-order valence-corrected chi connectivity index (χ2v) is 7.59. The van der Waals surface area contributed by atoms with Gasteiger partial charge < -0.3 is 19.7 Å². The Morgan fingerprint density at radius 3 is 2.93 bits per heavy atom. The summed E-state index contributed by atoms with van der Waals surface area (Å²) in [5.41, 5.74) is 1.79. The first-order chi connectivity index (χ1) is 12.9. The van der Waals surface area contributed by atoms with Gasteiger partial charge in [-0.1, -0.05) is 11.6 Å². The van der Waals surface area contributed by atoms with Gasteiger partial charge in [-0.05, 0) is 38.0 Å². The Labute approximate surface area is 157 Å². The summed E-state index contributed by atoms with van der Waals surface area (Å²) in [6, 6.07) is 7.16. The van der Waals surface area contributed by atoms with Gasteiger partial charge in [0.25, 0.3) is 5.91 Å². The van der Waals surface area contributed by atoms with Crippen molar-refractivity contribution < 1.29 is 19.1 Å². The highest BCUT2D eigenvalue weighted by Gasteiger charge is 2.42. The van der Waals surface area contributed by atoms with Gasteiger partial charge in [0.05, 0.1) is 18.7 Å². The second-order valence-electron chi connectivity index (χ2n) is 7.59. The number of furan rings is 1. The van der Waals surface area contributed by atoms with Crippen LogP contribution >= 0.6 is 0 Å². The summed E-state index contributed by atoms with van der Waals surface area (Å²) in [5.74, 6) is 0.0370. The van der Waals surface area contributed by atoms with E-state index in [9.17, 15) is 14.7 Å². The fraction of sp³-hybridized carbons (Fsp3) is 0.500. The molecule has 2 aliphatic rings. The monoisotopic (exact) mass is 371 g/mol. The van der Waals surface area contributed by atoms with Crippen LogP contribution in [0.25, 0.3) is 11.0 Å². The molecule has 4 rings (SSSR count). The molecule has 1 aliphatic heterocycles. The highest BCUT2D eigenvalue weighted by molar-refractivity contribution is 5.96. The fourth-order valence-corrected chi connectivity index (χ4v) is 4.29. The molecule has 1 saturated carbocycles. The van der Waals surface area contributed by atoms with Crippen LogP contribution in [0.3, 0.4) is 0 Å². The fourth-order valence-electron chi connectivity index (χ4n) is 4.29. The zero-order valence-electron chi connectivity index (χ0n) is 15.6.